The number of halogens is 1. The van der Waals surface area contributed by atoms with Crippen LogP contribution in [-0.2, 0) is 0 Å². The third kappa shape index (κ3) is 2.60. The fourth-order valence-corrected chi connectivity index (χ4v) is 2.97. The number of aromatic nitrogens is 1. The summed E-state index contributed by atoms with van der Waals surface area (Å²) in [6, 6.07) is 11.4. The predicted octanol–water partition coefficient (Wildman–Crippen LogP) is 4.33. The zero-order chi connectivity index (χ0) is 14.1. The van der Waals surface area contributed by atoms with Gasteiger partial charge in [-0.1, -0.05) is 23.8 Å². The zero-order valence-corrected chi connectivity index (χ0v) is 12.6. The van der Waals surface area contributed by atoms with E-state index in [1.807, 2.05) is 29.8 Å². The molecule has 3 aromatic rings. The number of anilines is 2. The van der Waals surface area contributed by atoms with E-state index in [-0.39, 0.29) is 0 Å². The molecule has 0 saturated carbocycles. The van der Waals surface area contributed by atoms with Crippen LogP contribution in [0, 0.1) is 0 Å². The second-order valence-corrected chi connectivity index (χ2v) is 5.98. The van der Waals surface area contributed by atoms with Crippen LogP contribution in [0.2, 0.25) is 5.02 Å². The number of nitrogens with zero attached hydrogens (tertiary/aromatic N) is 1. The molecule has 3 N–H and O–H groups in total. The number of thiocarbonyl (C=S) groups is 1. The van der Waals surface area contributed by atoms with E-state index in [0.717, 1.165) is 27.2 Å². The van der Waals surface area contributed by atoms with E-state index in [1.54, 1.807) is 23.5 Å². The standard InChI is InChI=1S/C14H10ClN3S2/c15-8-1-3-11(10(5-8)14(16)19)18-9-2-4-12-13(6-9)20-7-17-12/h1-7,18H,(H2,16,19). The van der Waals surface area contributed by atoms with Crippen LogP contribution < -0.4 is 11.1 Å². The third-order valence-corrected chi connectivity index (χ3v) is 4.10. The Morgan fingerprint density at radius 1 is 1.25 bits per heavy atom. The van der Waals surface area contributed by atoms with E-state index < -0.39 is 0 Å². The molecule has 0 amide bonds. The quantitative estimate of drug-likeness (QED) is 0.706. The Bertz CT molecular complexity index is 798. The van der Waals surface area contributed by atoms with Gasteiger partial charge in [-0.15, -0.1) is 11.3 Å². The van der Waals surface area contributed by atoms with Crippen LogP contribution in [0.5, 0.6) is 0 Å². The molecule has 0 spiro atoms. The van der Waals surface area contributed by atoms with Crippen molar-refractivity contribution in [1.82, 2.24) is 4.98 Å². The van der Waals surface area contributed by atoms with Crippen LogP contribution in [0.4, 0.5) is 11.4 Å². The summed E-state index contributed by atoms with van der Waals surface area (Å²) in [5.74, 6) is 0. The van der Waals surface area contributed by atoms with Crippen molar-refractivity contribution in [1.29, 1.82) is 0 Å². The molecule has 0 unspecified atom stereocenters. The van der Waals surface area contributed by atoms with E-state index in [2.05, 4.69) is 10.3 Å². The number of fused-ring (bicyclic) bond motifs is 1. The monoisotopic (exact) mass is 319 g/mol. The number of benzene rings is 2. The Balaban J connectivity index is 1.99. The van der Waals surface area contributed by atoms with E-state index in [9.17, 15) is 0 Å². The molecule has 0 atom stereocenters. The summed E-state index contributed by atoms with van der Waals surface area (Å²) in [6.45, 7) is 0. The highest BCUT2D eigenvalue weighted by molar-refractivity contribution is 7.80. The molecular formula is C14H10ClN3S2. The van der Waals surface area contributed by atoms with Crippen molar-refractivity contribution < 1.29 is 0 Å². The Kier molecular flexibility index (Phi) is 3.56. The minimum absolute atomic E-state index is 0.314. The molecule has 1 heterocycles. The Morgan fingerprint density at radius 3 is 2.90 bits per heavy atom. The molecule has 0 saturated heterocycles. The fraction of sp³-hybridized carbons (Fsp3) is 0. The summed E-state index contributed by atoms with van der Waals surface area (Å²) in [5, 5.41) is 3.92. The molecule has 6 heteroatoms. The van der Waals surface area contributed by atoms with Gasteiger partial charge in [0.2, 0.25) is 0 Å². The van der Waals surface area contributed by atoms with Gasteiger partial charge in [0, 0.05) is 22.0 Å². The molecule has 20 heavy (non-hydrogen) atoms. The lowest BCUT2D eigenvalue weighted by molar-refractivity contribution is 1.49. The van der Waals surface area contributed by atoms with Gasteiger partial charge < -0.3 is 11.1 Å². The van der Waals surface area contributed by atoms with Gasteiger partial charge in [0.1, 0.15) is 4.99 Å². The van der Waals surface area contributed by atoms with Crippen molar-refractivity contribution in [3.63, 3.8) is 0 Å². The van der Waals surface area contributed by atoms with Crippen molar-refractivity contribution in [2.75, 3.05) is 5.32 Å². The molecule has 0 aliphatic carbocycles. The molecule has 1 aromatic heterocycles. The highest BCUT2D eigenvalue weighted by atomic mass is 35.5. The molecular weight excluding hydrogens is 310 g/mol. The summed E-state index contributed by atoms with van der Waals surface area (Å²) in [4.78, 5) is 4.57. The Labute approximate surface area is 130 Å². The molecule has 0 bridgehead atoms. The van der Waals surface area contributed by atoms with Gasteiger partial charge in [0.05, 0.1) is 15.7 Å². The van der Waals surface area contributed by atoms with Gasteiger partial charge >= 0.3 is 0 Å². The minimum Gasteiger partial charge on any atom is -0.389 e. The molecule has 3 rings (SSSR count). The number of thiazole rings is 1. The number of nitrogens with two attached hydrogens (primary N) is 1. The van der Waals surface area contributed by atoms with Crippen LogP contribution in [0.25, 0.3) is 10.2 Å². The predicted molar refractivity (Wildman–Crippen MR) is 90.2 cm³/mol. The minimum atomic E-state index is 0.314. The summed E-state index contributed by atoms with van der Waals surface area (Å²) in [7, 11) is 0. The van der Waals surface area contributed by atoms with Crippen LogP contribution in [0.1, 0.15) is 5.56 Å². The second-order valence-electron chi connectivity index (χ2n) is 4.21. The lowest BCUT2D eigenvalue weighted by Crippen LogP contribution is -2.11. The van der Waals surface area contributed by atoms with Crippen molar-refractivity contribution in [2.24, 2.45) is 5.73 Å². The molecule has 0 aliphatic rings. The molecule has 0 aliphatic heterocycles. The average molecular weight is 320 g/mol. The summed E-state index contributed by atoms with van der Waals surface area (Å²) < 4.78 is 1.13. The number of nitrogens with one attached hydrogen (secondary N) is 1. The summed E-state index contributed by atoms with van der Waals surface area (Å²) >= 11 is 12.6. The fourth-order valence-electron chi connectivity index (χ4n) is 1.92. The van der Waals surface area contributed by atoms with E-state index in [1.165, 1.54) is 0 Å². The number of rotatable bonds is 3. The van der Waals surface area contributed by atoms with Crippen molar-refractivity contribution in [3.05, 3.63) is 52.5 Å². The lowest BCUT2D eigenvalue weighted by Gasteiger charge is -2.11. The SMILES string of the molecule is NC(=S)c1cc(Cl)ccc1Nc1ccc2ncsc2c1. The highest BCUT2D eigenvalue weighted by Crippen LogP contribution is 2.27. The van der Waals surface area contributed by atoms with Crippen molar-refractivity contribution in [2.45, 2.75) is 0 Å². The lowest BCUT2D eigenvalue weighted by atomic mass is 10.1. The number of hydrogen-bond donors (Lipinski definition) is 2. The van der Waals surface area contributed by atoms with E-state index >= 15 is 0 Å². The van der Waals surface area contributed by atoms with Crippen molar-refractivity contribution >= 4 is 61.7 Å². The van der Waals surface area contributed by atoms with E-state index in [0.29, 0.717) is 10.0 Å². The van der Waals surface area contributed by atoms with Crippen LogP contribution in [-0.4, -0.2) is 9.97 Å². The molecule has 100 valence electrons. The third-order valence-electron chi connectivity index (χ3n) is 2.86. The molecule has 3 nitrogen and oxygen atoms in total. The van der Waals surface area contributed by atoms with Gasteiger partial charge in [0.15, 0.2) is 0 Å². The topological polar surface area (TPSA) is 50.9 Å². The summed E-state index contributed by atoms with van der Waals surface area (Å²) in [6.07, 6.45) is 0. The van der Waals surface area contributed by atoms with Gasteiger partial charge in [-0.3, -0.25) is 0 Å². The van der Waals surface area contributed by atoms with Crippen LogP contribution in [0.3, 0.4) is 0 Å². The first-order valence-electron chi connectivity index (χ1n) is 5.83. The largest absolute Gasteiger partial charge is 0.389 e. The average Bonchev–Trinajstić information content (AvgIpc) is 2.88. The molecule has 0 radical (unpaired) electrons. The maximum atomic E-state index is 5.98. The van der Waals surface area contributed by atoms with Gasteiger partial charge in [-0.05, 0) is 36.4 Å². The van der Waals surface area contributed by atoms with Gasteiger partial charge in [0.25, 0.3) is 0 Å². The van der Waals surface area contributed by atoms with E-state index in [4.69, 9.17) is 29.6 Å². The summed E-state index contributed by atoms with van der Waals surface area (Å²) in [5.41, 5.74) is 11.1. The van der Waals surface area contributed by atoms with Crippen LogP contribution >= 0.6 is 35.2 Å². The maximum absolute atomic E-state index is 5.98. The van der Waals surface area contributed by atoms with Gasteiger partial charge in [-0.25, -0.2) is 4.98 Å². The second kappa shape index (κ2) is 5.36. The highest BCUT2D eigenvalue weighted by Gasteiger charge is 2.07. The van der Waals surface area contributed by atoms with Crippen molar-refractivity contribution in [3.8, 4) is 0 Å². The van der Waals surface area contributed by atoms with Gasteiger partial charge in [-0.2, -0.15) is 0 Å². The van der Waals surface area contributed by atoms with Crippen LogP contribution in [0.15, 0.2) is 41.9 Å². The maximum Gasteiger partial charge on any atom is 0.106 e. The Hall–Kier alpha value is -1.69. The number of hydrogen-bond acceptors (Lipinski definition) is 4. The first-order chi connectivity index (χ1) is 9.63. The zero-order valence-electron chi connectivity index (χ0n) is 10.3. The normalized spacial score (nSPS) is 10.7. The first kappa shape index (κ1) is 13.3. The smallest absolute Gasteiger partial charge is 0.106 e. The Morgan fingerprint density at radius 2 is 2.10 bits per heavy atom. The molecule has 2 aromatic carbocycles. The first-order valence-corrected chi connectivity index (χ1v) is 7.50. The molecule has 0 fully saturated rings.